The Morgan fingerprint density at radius 3 is 2.61 bits per heavy atom. The summed E-state index contributed by atoms with van der Waals surface area (Å²) in [6.45, 7) is 5.15. The zero-order valence-electron chi connectivity index (χ0n) is 17.0. The number of ether oxygens (including phenoxy) is 1. The molecule has 0 radical (unpaired) electrons. The summed E-state index contributed by atoms with van der Waals surface area (Å²) >= 11 is 1.11. The molecule has 0 aliphatic rings. The van der Waals surface area contributed by atoms with Gasteiger partial charge in [0.1, 0.15) is 15.5 Å². The zero-order valence-corrected chi connectivity index (χ0v) is 17.8. The monoisotopic (exact) mass is 437 g/mol. The van der Waals surface area contributed by atoms with Crippen LogP contribution in [0.15, 0.2) is 29.1 Å². The number of nitrogens with one attached hydrogen (secondary N) is 2. The first-order chi connectivity index (χ1) is 14.8. The largest absolute Gasteiger partial charge is 0.453 e. The van der Waals surface area contributed by atoms with Crippen LogP contribution in [0.2, 0.25) is 0 Å². The van der Waals surface area contributed by atoms with E-state index in [2.05, 4.69) is 30.2 Å². The van der Waals surface area contributed by atoms with Gasteiger partial charge < -0.3 is 20.8 Å². The Morgan fingerprint density at radius 1 is 1.13 bits per heavy atom. The average molecular weight is 437 g/mol. The van der Waals surface area contributed by atoms with E-state index in [0.717, 1.165) is 22.6 Å². The number of nitrogens with zero attached hydrogens (tertiary/aromatic N) is 4. The number of aromatic nitrogens is 5. The van der Waals surface area contributed by atoms with E-state index in [4.69, 9.17) is 10.5 Å². The number of hydrogen-bond acceptors (Lipinski definition) is 10. The minimum Gasteiger partial charge on any atom is -0.453 e. The molecule has 0 saturated carbocycles. The molecular formula is C20H19N7O3S. The highest BCUT2D eigenvalue weighted by atomic mass is 32.1. The fraction of sp³-hybridized carbons (Fsp3) is 0.200. The van der Waals surface area contributed by atoms with Crippen molar-refractivity contribution in [1.29, 1.82) is 0 Å². The van der Waals surface area contributed by atoms with Crippen molar-refractivity contribution in [2.45, 2.75) is 27.4 Å². The molecule has 0 saturated heterocycles. The first-order valence-corrected chi connectivity index (χ1v) is 10.1. The van der Waals surface area contributed by atoms with Gasteiger partial charge in [-0.15, -0.1) is 11.3 Å². The van der Waals surface area contributed by atoms with E-state index in [9.17, 15) is 9.59 Å². The maximum atomic E-state index is 12.6. The van der Waals surface area contributed by atoms with E-state index < -0.39 is 5.97 Å². The number of anilines is 3. The zero-order chi connectivity index (χ0) is 22.1. The molecule has 4 aromatic rings. The Balaban J connectivity index is 1.52. The number of carbonyl (C=O) groups is 1. The molecule has 0 amide bonds. The van der Waals surface area contributed by atoms with Gasteiger partial charge in [0.05, 0.1) is 5.39 Å². The van der Waals surface area contributed by atoms with Gasteiger partial charge in [-0.3, -0.25) is 4.79 Å². The van der Waals surface area contributed by atoms with Crippen molar-refractivity contribution in [2.75, 3.05) is 11.1 Å². The molecule has 0 aliphatic heterocycles. The third kappa shape index (κ3) is 4.36. The normalized spacial score (nSPS) is 10.9. The van der Waals surface area contributed by atoms with Crippen LogP contribution in [-0.2, 0) is 11.3 Å². The maximum absolute atomic E-state index is 12.6. The predicted molar refractivity (Wildman–Crippen MR) is 118 cm³/mol. The standard InChI is InChI=1S/C20H19N7O3S/c1-9-4-6-12(7-5-9)24-20-26-13(25-19(21)27-20)8-30-18(29)15-10(2)14-16(28)22-11(3)23-17(14)31-15/h4-7H,8H2,1-3H3,(H,22,23,28)(H3,21,24,25,26,27). The van der Waals surface area contributed by atoms with E-state index in [-0.39, 0.29) is 29.9 Å². The van der Waals surface area contributed by atoms with Crippen LogP contribution in [0.4, 0.5) is 17.6 Å². The molecule has 1 aromatic carbocycles. The summed E-state index contributed by atoms with van der Waals surface area (Å²) in [5.74, 6) is 0.324. The van der Waals surface area contributed by atoms with Gasteiger partial charge in [-0.25, -0.2) is 9.78 Å². The van der Waals surface area contributed by atoms with Gasteiger partial charge in [-0.1, -0.05) is 17.7 Å². The van der Waals surface area contributed by atoms with Crippen LogP contribution in [0.3, 0.4) is 0 Å². The molecule has 4 N–H and O–H groups in total. The summed E-state index contributed by atoms with van der Waals surface area (Å²) in [5.41, 5.74) is 7.92. The fourth-order valence-electron chi connectivity index (χ4n) is 2.97. The molecule has 0 aliphatic carbocycles. The lowest BCUT2D eigenvalue weighted by molar-refractivity contribution is 0.0467. The Labute approximate surface area is 180 Å². The molecule has 3 heterocycles. The van der Waals surface area contributed by atoms with Crippen molar-refractivity contribution in [2.24, 2.45) is 0 Å². The number of carbonyl (C=O) groups excluding carboxylic acids is 1. The van der Waals surface area contributed by atoms with E-state index in [1.807, 2.05) is 31.2 Å². The second-order valence-electron chi connectivity index (χ2n) is 6.89. The number of H-pyrrole nitrogens is 1. The van der Waals surface area contributed by atoms with Crippen molar-refractivity contribution in [3.8, 4) is 0 Å². The van der Waals surface area contributed by atoms with Gasteiger partial charge in [0, 0.05) is 5.69 Å². The van der Waals surface area contributed by atoms with Crippen LogP contribution in [0.5, 0.6) is 0 Å². The molecule has 4 rings (SSSR count). The number of benzene rings is 1. The van der Waals surface area contributed by atoms with Crippen LogP contribution < -0.4 is 16.6 Å². The fourth-order valence-corrected chi connectivity index (χ4v) is 4.09. The third-order valence-corrected chi connectivity index (χ3v) is 5.61. The molecular weight excluding hydrogens is 418 g/mol. The van der Waals surface area contributed by atoms with Gasteiger partial charge in [0.15, 0.2) is 12.4 Å². The molecule has 11 heteroatoms. The number of fused-ring (bicyclic) bond motifs is 1. The maximum Gasteiger partial charge on any atom is 0.349 e. The molecule has 3 aromatic heterocycles. The van der Waals surface area contributed by atoms with Gasteiger partial charge in [-0.05, 0) is 38.5 Å². The number of aryl methyl sites for hydroxylation is 3. The number of nitrogens with two attached hydrogens (primary N) is 1. The number of nitrogen functional groups attached to an aromatic ring is 1. The smallest absolute Gasteiger partial charge is 0.349 e. The van der Waals surface area contributed by atoms with E-state index in [0.29, 0.717) is 26.5 Å². The topological polar surface area (TPSA) is 149 Å². The van der Waals surface area contributed by atoms with E-state index in [1.165, 1.54) is 0 Å². The Bertz CT molecular complexity index is 1350. The van der Waals surface area contributed by atoms with Crippen molar-refractivity contribution in [3.05, 3.63) is 62.3 Å². The summed E-state index contributed by atoms with van der Waals surface area (Å²) in [7, 11) is 0. The lowest BCUT2D eigenvalue weighted by Gasteiger charge is -2.08. The van der Waals surface area contributed by atoms with Crippen molar-refractivity contribution < 1.29 is 9.53 Å². The number of esters is 1. The lowest BCUT2D eigenvalue weighted by Crippen LogP contribution is -2.12. The molecule has 0 unspecified atom stereocenters. The Hall–Kier alpha value is -3.86. The molecule has 0 atom stereocenters. The van der Waals surface area contributed by atoms with Crippen LogP contribution in [0.25, 0.3) is 10.2 Å². The third-order valence-electron chi connectivity index (χ3n) is 4.44. The van der Waals surface area contributed by atoms with Gasteiger partial charge in [0.25, 0.3) is 5.56 Å². The van der Waals surface area contributed by atoms with E-state index >= 15 is 0 Å². The molecule has 158 valence electrons. The van der Waals surface area contributed by atoms with Crippen LogP contribution >= 0.6 is 11.3 Å². The second-order valence-corrected chi connectivity index (χ2v) is 7.89. The van der Waals surface area contributed by atoms with Gasteiger partial charge in [-0.2, -0.15) is 15.0 Å². The van der Waals surface area contributed by atoms with Crippen molar-refractivity contribution >= 4 is 45.1 Å². The summed E-state index contributed by atoms with van der Waals surface area (Å²) in [6, 6.07) is 7.67. The number of thiophene rings is 1. The quantitative estimate of drug-likeness (QED) is 0.401. The number of aromatic amines is 1. The Kier molecular flexibility index (Phi) is 5.34. The molecule has 0 bridgehead atoms. The molecule has 10 nitrogen and oxygen atoms in total. The lowest BCUT2D eigenvalue weighted by atomic mass is 10.2. The van der Waals surface area contributed by atoms with Crippen LogP contribution in [0.1, 0.15) is 32.4 Å². The summed E-state index contributed by atoms with van der Waals surface area (Å²) in [5, 5.41) is 3.43. The van der Waals surface area contributed by atoms with Crippen molar-refractivity contribution in [1.82, 2.24) is 24.9 Å². The highest BCUT2D eigenvalue weighted by Crippen LogP contribution is 2.27. The van der Waals surface area contributed by atoms with Crippen molar-refractivity contribution in [3.63, 3.8) is 0 Å². The summed E-state index contributed by atoms with van der Waals surface area (Å²) in [4.78, 5) is 44.9. The SMILES string of the molecule is Cc1ccc(Nc2nc(N)nc(COC(=O)c3sc4nc(C)[nH]c(=O)c4c3C)n2)cc1. The second kappa shape index (κ2) is 8.11. The highest BCUT2D eigenvalue weighted by molar-refractivity contribution is 7.20. The highest BCUT2D eigenvalue weighted by Gasteiger charge is 2.20. The average Bonchev–Trinajstić information content (AvgIpc) is 3.04. The van der Waals surface area contributed by atoms with E-state index in [1.54, 1.807) is 13.8 Å². The number of rotatable bonds is 5. The Morgan fingerprint density at radius 2 is 1.87 bits per heavy atom. The first-order valence-electron chi connectivity index (χ1n) is 9.31. The molecule has 0 fully saturated rings. The molecule has 31 heavy (non-hydrogen) atoms. The summed E-state index contributed by atoms with van der Waals surface area (Å²) in [6.07, 6.45) is 0. The first kappa shape index (κ1) is 20.4. The number of hydrogen-bond donors (Lipinski definition) is 3. The summed E-state index contributed by atoms with van der Waals surface area (Å²) < 4.78 is 5.37. The van der Waals surface area contributed by atoms with Crippen LogP contribution in [0, 0.1) is 20.8 Å². The van der Waals surface area contributed by atoms with Gasteiger partial charge >= 0.3 is 5.97 Å². The van der Waals surface area contributed by atoms with Gasteiger partial charge in [0.2, 0.25) is 11.9 Å². The minimum absolute atomic E-state index is 0.0000811. The molecule has 0 spiro atoms. The van der Waals surface area contributed by atoms with Crippen LogP contribution in [-0.4, -0.2) is 30.9 Å². The minimum atomic E-state index is -0.593. The predicted octanol–water partition coefficient (Wildman–Crippen LogP) is 2.78.